The Kier molecular flexibility index (Phi) is 5.11. The zero-order valence-electron chi connectivity index (χ0n) is 17.4. The molecule has 2 aromatic carbocycles. The van der Waals surface area contributed by atoms with Crippen LogP contribution in [0.5, 0.6) is 5.75 Å². The Morgan fingerprint density at radius 3 is 2.62 bits per heavy atom. The Labute approximate surface area is 170 Å². The van der Waals surface area contributed by atoms with Gasteiger partial charge < -0.3 is 10.4 Å². The van der Waals surface area contributed by atoms with Crippen LogP contribution in [0.1, 0.15) is 25.1 Å². The summed E-state index contributed by atoms with van der Waals surface area (Å²) in [5.41, 5.74) is 5.56. The lowest BCUT2D eigenvalue weighted by atomic mass is 10.1. The van der Waals surface area contributed by atoms with Crippen molar-refractivity contribution >= 4 is 33.3 Å². The van der Waals surface area contributed by atoms with Gasteiger partial charge in [-0.2, -0.15) is 5.10 Å². The minimum Gasteiger partial charge on any atom is -0.508 e. The van der Waals surface area contributed by atoms with Crippen LogP contribution in [0.4, 0.5) is 11.4 Å². The summed E-state index contributed by atoms with van der Waals surface area (Å²) in [6.07, 6.45) is 0. The predicted molar refractivity (Wildman–Crippen MR) is 119 cm³/mol. The Hall–Kier alpha value is -3.12. The number of anilines is 2. The molecule has 0 atom stereocenters. The number of rotatable bonds is 6. The summed E-state index contributed by atoms with van der Waals surface area (Å²) in [5.74, 6) is 0.324. The number of nitrogens with zero attached hydrogens (tertiary/aromatic N) is 4. The highest BCUT2D eigenvalue weighted by molar-refractivity contribution is 6.08. The van der Waals surface area contributed by atoms with E-state index in [1.165, 1.54) is 0 Å². The van der Waals surface area contributed by atoms with Crippen LogP contribution < -0.4 is 5.32 Å². The molecule has 0 spiro atoms. The quantitative estimate of drug-likeness (QED) is 0.467. The van der Waals surface area contributed by atoms with Crippen LogP contribution in [0.25, 0.3) is 21.9 Å². The second-order valence-corrected chi connectivity index (χ2v) is 7.34. The van der Waals surface area contributed by atoms with Gasteiger partial charge in [0.15, 0.2) is 5.65 Å². The summed E-state index contributed by atoms with van der Waals surface area (Å²) >= 11 is 0. The van der Waals surface area contributed by atoms with Crippen LogP contribution in [0.2, 0.25) is 0 Å². The van der Waals surface area contributed by atoms with E-state index in [0.29, 0.717) is 12.3 Å². The monoisotopic (exact) mass is 389 g/mol. The maximum absolute atomic E-state index is 10.4. The molecule has 150 valence electrons. The topological polar surface area (TPSA) is 66.2 Å². The van der Waals surface area contributed by atoms with Crippen molar-refractivity contribution in [2.24, 2.45) is 7.05 Å². The van der Waals surface area contributed by atoms with E-state index in [-0.39, 0.29) is 0 Å². The minimum atomic E-state index is 0.324. The number of phenols is 1. The van der Waals surface area contributed by atoms with Gasteiger partial charge in [-0.3, -0.25) is 9.58 Å². The number of phenolic OH excluding ortho intramolecular Hbond substituents is 1. The van der Waals surface area contributed by atoms with Gasteiger partial charge in [0.05, 0.1) is 22.3 Å². The lowest BCUT2D eigenvalue weighted by Gasteiger charge is -2.19. The molecule has 2 N–H and O–H groups in total. The molecular weight excluding hydrogens is 362 g/mol. The van der Waals surface area contributed by atoms with E-state index >= 15 is 0 Å². The number of nitrogens with one attached hydrogen (secondary N) is 1. The molecule has 2 aromatic heterocycles. The number of hydrogen-bond donors (Lipinski definition) is 2. The molecule has 2 heterocycles. The van der Waals surface area contributed by atoms with E-state index < -0.39 is 0 Å². The summed E-state index contributed by atoms with van der Waals surface area (Å²) in [5, 5.41) is 20.6. The minimum absolute atomic E-state index is 0.324. The van der Waals surface area contributed by atoms with E-state index in [0.717, 1.165) is 57.7 Å². The molecule has 0 unspecified atom stereocenters. The molecule has 0 bridgehead atoms. The number of aryl methyl sites for hydroxylation is 2. The molecule has 0 aliphatic heterocycles. The highest BCUT2D eigenvalue weighted by Crippen LogP contribution is 2.35. The second kappa shape index (κ2) is 7.72. The van der Waals surface area contributed by atoms with Gasteiger partial charge in [0.25, 0.3) is 0 Å². The first-order chi connectivity index (χ1) is 14.0. The first-order valence-electron chi connectivity index (χ1n) is 10.0. The molecule has 6 nitrogen and oxygen atoms in total. The van der Waals surface area contributed by atoms with Crippen LogP contribution in [-0.2, 0) is 13.6 Å². The van der Waals surface area contributed by atoms with Gasteiger partial charge in [-0.25, -0.2) is 4.98 Å². The zero-order valence-corrected chi connectivity index (χ0v) is 17.4. The zero-order chi connectivity index (χ0) is 20.5. The largest absolute Gasteiger partial charge is 0.508 e. The molecule has 0 amide bonds. The number of pyridine rings is 1. The number of aromatic nitrogens is 3. The van der Waals surface area contributed by atoms with Gasteiger partial charge in [0, 0.05) is 30.2 Å². The van der Waals surface area contributed by atoms with Gasteiger partial charge in [-0.15, -0.1) is 0 Å². The van der Waals surface area contributed by atoms with Crippen molar-refractivity contribution in [1.29, 1.82) is 0 Å². The van der Waals surface area contributed by atoms with Crippen molar-refractivity contribution in [3.63, 3.8) is 0 Å². The maximum atomic E-state index is 10.4. The van der Waals surface area contributed by atoms with E-state index in [9.17, 15) is 5.11 Å². The molecule has 0 saturated carbocycles. The van der Waals surface area contributed by atoms with Gasteiger partial charge in [-0.05, 0) is 44.3 Å². The number of fused-ring (bicyclic) bond motifs is 2. The fraction of sp³-hybridized carbons (Fsp3) is 0.304. The fourth-order valence-electron chi connectivity index (χ4n) is 3.85. The molecule has 0 radical (unpaired) electrons. The first-order valence-corrected chi connectivity index (χ1v) is 10.0. The normalized spacial score (nSPS) is 11.6. The Balaban J connectivity index is 1.83. The van der Waals surface area contributed by atoms with Crippen molar-refractivity contribution in [3.05, 3.63) is 53.7 Å². The molecule has 6 heteroatoms. The van der Waals surface area contributed by atoms with E-state index in [2.05, 4.69) is 35.2 Å². The lowest BCUT2D eigenvalue weighted by Crippen LogP contribution is -2.22. The second-order valence-electron chi connectivity index (χ2n) is 7.34. The smallest absolute Gasteiger partial charge is 0.160 e. The van der Waals surface area contributed by atoms with Crippen LogP contribution in [-0.4, -0.2) is 37.9 Å². The van der Waals surface area contributed by atoms with Crippen LogP contribution >= 0.6 is 0 Å². The predicted octanol–water partition coefficient (Wildman–Crippen LogP) is 4.72. The number of benzene rings is 2. The highest BCUT2D eigenvalue weighted by atomic mass is 16.3. The Bertz CT molecular complexity index is 1180. The molecule has 0 aliphatic carbocycles. The third-order valence-electron chi connectivity index (χ3n) is 5.48. The Morgan fingerprint density at radius 2 is 1.86 bits per heavy atom. The number of hydrogen-bond acceptors (Lipinski definition) is 5. The van der Waals surface area contributed by atoms with Crippen molar-refractivity contribution in [1.82, 2.24) is 19.7 Å². The molecule has 0 fully saturated rings. The molecule has 4 rings (SSSR count). The average Bonchev–Trinajstić information content (AvgIpc) is 3.01. The van der Waals surface area contributed by atoms with Crippen molar-refractivity contribution < 1.29 is 5.11 Å². The maximum Gasteiger partial charge on any atom is 0.160 e. The van der Waals surface area contributed by atoms with Gasteiger partial charge >= 0.3 is 0 Å². The van der Waals surface area contributed by atoms with Gasteiger partial charge in [-0.1, -0.05) is 32.0 Å². The van der Waals surface area contributed by atoms with Crippen molar-refractivity contribution in [2.75, 3.05) is 18.4 Å². The van der Waals surface area contributed by atoms with Crippen LogP contribution in [0, 0.1) is 6.92 Å². The van der Waals surface area contributed by atoms with E-state index in [1.54, 1.807) is 6.07 Å². The van der Waals surface area contributed by atoms with E-state index in [1.807, 2.05) is 49.0 Å². The number of aromatic hydroxyl groups is 1. The third kappa shape index (κ3) is 3.51. The summed E-state index contributed by atoms with van der Waals surface area (Å²) in [6, 6.07) is 13.8. The molecule has 0 aliphatic rings. The average molecular weight is 390 g/mol. The summed E-state index contributed by atoms with van der Waals surface area (Å²) in [7, 11) is 1.92. The summed E-state index contributed by atoms with van der Waals surface area (Å²) in [6.45, 7) is 8.87. The van der Waals surface area contributed by atoms with Gasteiger partial charge in [0.1, 0.15) is 5.75 Å². The van der Waals surface area contributed by atoms with Crippen molar-refractivity contribution in [2.45, 2.75) is 27.3 Å². The molecular formula is C23H27N5O. The third-order valence-corrected chi connectivity index (χ3v) is 5.48. The summed E-state index contributed by atoms with van der Waals surface area (Å²) in [4.78, 5) is 7.09. The van der Waals surface area contributed by atoms with Gasteiger partial charge in [0.2, 0.25) is 0 Å². The fourth-order valence-corrected chi connectivity index (χ4v) is 3.85. The Morgan fingerprint density at radius 1 is 1.10 bits per heavy atom. The number of para-hydroxylation sites is 1. The SMILES string of the molecule is CCN(CC)Cc1cc(Nc2c3ccccc3nc3c2c(C)nn3C)ccc1O. The van der Waals surface area contributed by atoms with Crippen LogP contribution in [0.15, 0.2) is 42.5 Å². The molecule has 29 heavy (non-hydrogen) atoms. The van der Waals surface area contributed by atoms with E-state index in [4.69, 9.17) is 4.98 Å². The molecule has 4 aromatic rings. The van der Waals surface area contributed by atoms with Crippen LogP contribution in [0.3, 0.4) is 0 Å². The molecule has 0 saturated heterocycles. The lowest BCUT2D eigenvalue weighted by molar-refractivity contribution is 0.291. The summed E-state index contributed by atoms with van der Waals surface area (Å²) < 4.78 is 1.82. The highest BCUT2D eigenvalue weighted by Gasteiger charge is 2.16. The van der Waals surface area contributed by atoms with Crippen molar-refractivity contribution in [3.8, 4) is 5.75 Å². The first kappa shape index (κ1) is 19.2. The standard InChI is InChI=1S/C23H27N5O/c1-5-28(6-2)14-16-13-17(11-12-20(16)29)24-22-18-9-7-8-10-19(18)25-23-21(22)15(3)26-27(23)4/h7-13,29H,5-6,14H2,1-4H3,(H,24,25).